The molecule has 0 rings (SSSR count). The zero-order valence-electron chi connectivity index (χ0n) is 8.07. The van der Waals surface area contributed by atoms with Gasteiger partial charge in [0.05, 0.1) is 0 Å². The van der Waals surface area contributed by atoms with Crippen molar-refractivity contribution in [2.24, 2.45) is 0 Å². The summed E-state index contributed by atoms with van der Waals surface area (Å²) < 4.78 is 5.35. The Balaban J connectivity index is 3.47. The van der Waals surface area contributed by atoms with E-state index in [2.05, 4.69) is 6.92 Å². The maximum atomic E-state index is 5.78. The fourth-order valence-corrected chi connectivity index (χ4v) is 1.92. The molecule has 0 aliphatic rings. The van der Waals surface area contributed by atoms with E-state index in [1.54, 1.807) is 0 Å². The third-order valence-electron chi connectivity index (χ3n) is 1.75. The molecule has 0 heterocycles. The summed E-state index contributed by atoms with van der Waals surface area (Å²) in [6.07, 6.45) is 3.56. The van der Waals surface area contributed by atoms with Gasteiger partial charge in [-0.25, -0.2) is 0 Å². The highest BCUT2D eigenvalue weighted by atomic mass is 35.5. The van der Waals surface area contributed by atoms with Crippen LogP contribution in [0.15, 0.2) is 0 Å². The predicted octanol–water partition coefficient (Wildman–Crippen LogP) is 3.74. The highest BCUT2D eigenvalue weighted by molar-refractivity contribution is 6.87. The van der Waals surface area contributed by atoms with Gasteiger partial charge in [-0.1, -0.05) is 19.8 Å². The maximum Gasteiger partial charge on any atom is 0.220 e. The average Bonchev–Trinajstić information content (AvgIpc) is 1.98. The van der Waals surface area contributed by atoms with E-state index in [4.69, 9.17) is 27.6 Å². The first-order valence-electron chi connectivity index (χ1n) is 4.43. The van der Waals surface area contributed by atoms with Crippen molar-refractivity contribution in [2.45, 2.75) is 43.7 Å². The van der Waals surface area contributed by atoms with E-state index in [1.165, 1.54) is 12.8 Å². The Labute approximate surface area is 86.5 Å². The lowest BCUT2D eigenvalue weighted by molar-refractivity contribution is 0.298. The topological polar surface area (TPSA) is 9.23 Å². The van der Waals surface area contributed by atoms with Crippen molar-refractivity contribution < 1.29 is 4.43 Å². The van der Waals surface area contributed by atoms with Crippen LogP contribution in [0, 0.1) is 0 Å². The largest absolute Gasteiger partial charge is 0.415 e. The van der Waals surface area contributed by atoms with E-state index >= 15 is 0 Å². The van der Waals surface area contributed by atoms with Crippen LogP contribution in [0.25, 0.3) is 0 Å². The van der Waals surface area contributed by atoms with E-state index in [1.807, 2.05) is 13.1 Å². The molecule has 0 amide bonds. The summed E-state index contributed by atoms with van der Waals surface area (Å²) in [5.74, 6) is 0. The molecular formula is C8H18Cl2OSi. The molecule has 0 aliphatic carbocycles. The van der Waals surface area contributed by atoms with Crippen molar-refractivity contribution in [1.29, 1.82) is 0 Å². The number of hydrogen-bond donors (Lipinski definition) is 0. The van der Waals surface area contributed by atoms with E-state index in [-0.39, 0.29) is 4.46 Å². The van der Waals surface area contributed by atoms with E-state index in [9.17, 15) is 0 Å². The molecule has 0 unspecified atom stereocenters. The van der Waals surface area contributed by atoms with Crippen LogP contribution in [-0.2, 0) is 4.43 Å². The summed E-state index contributed by atoms with van der Waals surface area (Å²) in [6.45, 7) is 7.07. The van der Waals surface area contributed by atoms with Gasteiger partial charge in [-0.3, -0.25) is 0 Å². The normalized spacial score (nSPS) is 12.5. The van der Waals surface area contributed by atoms with Crippen molar-refractivity contribution in [2.75, 3.05) is 6.61 Å². The summed E-state index contributed by atoms with van der Waals surface area (Å²) in [7, 11) is -1.80. The van der Waals surface area contributed by atoms with Crippen molar-refractivity contribution in [1.82, 2.24) is 0 Å². The molecule has 0 aromatic heterocycles. The fraction of sp³-hybridized carbons (Fsp3) is 1.00. The zero-order chi connectivity index (χ0) is 9.61. The van der Waals surface area contributed by atoms with E-state index in [0.717, 1.165) is 13.0 Å². The van der Waals surface area contributed by atoms with Gasteiger partial charge in [0, 0.05) is 6.61 Å². The first-order chi connectivity index (χ1) is 5.50. The second-order valence-corrected chi connectivity index (χ2v) is 9.36. The number of halogens is 2. The molecule has 1 nitrogen and oxygen atoms in total. The molecule has 12 heavy (non-hydrogen) atoms. The molecule has 0 N–H and O–H groups in total. The molecule has 0 aromatic carbocycles. The summed E-state index contributed by atoms with van der Waals surface area (Å²) in [4.78, 5) is 0. The minimum atomic E-state index is -1.80. The standard InChI is InChI=1S/C8H18Cl2OSi/c1-4-5-6-7-11-12(2,3)8(9)10/h8H,4-7H2,1-3H3. The number of alkyl halides is 2. The highest BCUT2D eigenvalue weighted by Gasteiger charge is 2.30. The summed E-state index contributed by atoms with van der Waals surface area (Å²) in [5, 5.41) is 0. The molecular weight excluding hydrogens is 211 g/mol. The molecule has 0 atom stereocenters. The van der Waals surface area contributed by atoms with Crippen LogP contribution in [0.4, 0.5) is 0 Å². The minimum Gasteiger partial charge on any atom is -0.415 e. The first kappa shape index (κ1) is 12.8. The molecule has 74 valence electrons. The number of hydrogen-bond acceptors (Lipinski definition) is 1. The van der Waals surface area contributed by atoms with Gasteiger partial charge in [0.1, 0.15) is 4.46 Å². The van der Waals surface area contributed by atoms with Crippen molar-refractivity contribution >= 4 is 31.5 Å². The lowest BCUT2D eigenvalue weighted by Gasteiger charge is -2.23. The van der Waals surface area contributed by atoms with Gasteiger partial charge in [-0.2, -0.15) is 0 Å². The lowest BCUT2D eigenvalue weighted by atomic mass is 10.3. The Morgan fingerprint density at radius 3 is 2.25 bits per heavy atom. The molecule has 0 saturated heterocycles. The summed E-state index contributed by atoms with van der Waals surface area (Å²) in [5.41, 5.74) is 0. The average molecular weight is 229 g/mol. The van der Waals surface area contributed by atoms with E-state index < -0.39 is 8.32 Å². The summed E-state index contributed by atoms with van der Waals surface area (Å²) >= 11 is 11.6. The van der Waals surface area contributed by atoms with Gasteiger partial charge in [-0.15, -0.1) is 23.2 Å². The van der Waals surface area contributed by atoms with Crippen LogP contribution >= 0.6 is 23.2 Å². The smallest absolute Gasteiger partial charge is 0.220 e. The van der Waals surface area contributed by atoms with Gasteiger partial charge in [0.2, 0.25) is 8.32 Å². The monoisotopic (exact) mass is 228 g/mol. The Kier molecular flexibility index (Phi) is 6.64. The molecule has 0 aliphatic heterocycles. The Bertz CT molecular complexity index is 118. The van der Waals surface area contributed by atoms with Crippen LogP contribution in [0.1, 0.15) is 26.2 Å². The molecule has 0 aromatic rings. The van der Waals surface area contributed by atoms with Crippen molar-refractivity contribution in [3.05, 3.63) is 0 Å². The fourth-order valence-electron chi connectivity index (χ4n) is 0.750. The molecule has 0 saturated carbocycles. The Hall–Kier alpha value is 0.757. The summed E-state index contributed by atoms with van der Waals surface area (Å²) in [6, 6.07) is 0. The van der Waals surface area contributed by atoms with E-state index in [0.29, 0.717) is 0 Å². The first-order valence-corrected chi connectivity index (χ1v) is 8.28. The SMILES string of the molecule is CCCCCO[Si](C)(C)C(Cl)Cl. The molecule has 4 heteroatoms. The Morgan fingerprint density at radius 1 is 1.25 bits per heavy atom. The Morgan fingerprint density at radius 2 is 1.83 bits per heavy atom. The highest BCUT2D eigenvalue weighted by Crippen LogP contribution is 2.19. The zero-order valence-corrected chi connectivity index (χ0v) is 10.6. The van der Waals surface area contributed by atoms with Gasteiger partial charge < -0.3 is 4.43 Å². The second kappa shape index (κ2) is 6.25. The molecule has 0 spiro atoms. The van der Waals surface area contributed by atoms with Crippen LogP contribution in [0.3, 0.4) is 0 Å². The third kappa shape index (κ3) is 5.41. The maximum absolute atomic E-state index is 5.78. The molecule has 0 radical (unpaired) electrons. The number of rotatable bonds is 6. The van der Waals surface area contributed by atoms with Gasteiger partial charge in [0.25, 0.3) is 0 Å². The number of unbranched alkanes of at least 4 members (excludes halogenated alkanes) is 2. The minimum absolute atomic E-state index is 0.320. The van der Waals surface area contributed by atoms with Crippen LogP contribution in [0.5, 0.6) is 0 Å². The van der Waals surface area contributed by atoms with Crippen molar-refractivity contribution in [3.8, 4) is 0 Å². The predicted molar refractivity (Wildman–Crippen MR) is 58.5 cm³/mol. The van der Waals surface area contributed by atoms with Crippen LogP contribution in [-0.4, -0.2) is 19.4 Å². The van der Waals surface area contributed by atoms with Gasteiger partial charge in [0.15, 0.2) is 0 Å². The van der Waals surface area contributed by atoms with Crippen molar-refractivity contribution in [3.63, 3.8) is 0 Å². The molecule has 0 bridgehead atoms. The quantitative estimate of drug-likeness (QED) is 0.383. The van der Waals surface area contributed by atoms with Gasteiger partial charge >= 0.3 is 0 Å². The van der Waals surface area contributed by atoms with Crippen LogP contribution in [0.2, 0.25) is 13.1 Å². The van der Waals surface area contributed by atoms with Crippen LogP contribution < -0.4 is 0 Å². The van der Waals surface area contributed by atoms with Gasteiger partial charge in [-0.05, 0) is 19.5 Å². The molecule has 0 fully saturated rings. The lowest BCUT2D eigenvalue weighted by Crippen LogP contribution is -2.38. The second-order valence-electron chi connectivity index (χ2n) is 3.46. The third-order valence-corrected chi connectivity index (χ3v) is 6.90.